The lowest BCUT2D eigenvalue weighted by atomic mass is 10.2. The zero-order valence-corrected chi connectivity index (χ0v) is 12.9. The number of rotatable bonds is 7. The summed E-state index contributed by atoms with van der Waals surface area (Å²) in [6.07, 6.45) is 0. The third-order valence-electron chi connectivity index (χ3n) is 3.43. The zero-order chi connectivity index (χ0) is 15.9. The van der Waals surface area contributed by atoms with Crippen molar-refractivity contribution in [1.82, 2.24) is 5.32 Å². The van der Waals surface area contributed by atoms with Gasteiger partial charge in [0, 0.05) is 6.54 Å². The highest BCUT2D eigenvalue weighted by Crippen LogP contribution is 2.14. The second-order valence-electron chi connectivity index (χ2n) is 5.36. The van der Waals surface area contributed by atoms with Gasteiger partial charge in [0.05, 0.1) is 0 Å². The van der Waals surface area contributed by atoms with Gasteiger partial charge in [-0.05, 0) is 37.1 Å². The highest BCUT2D eigenvalue weighted by atomic mass is 16.5. The SMILES string of the molecule is Cc1ccc(COc2ccc(CN[C@@H](C)C(=O)O)cc2)cc1. The van der Waals surface area contributed by atoms with Gasteiger partial charge in [0.1, 0.15) is 18.4 Å². The van der Waals surface area contributed by atoms with E-state index in [1.54, 1.807) is 6.92 Å². The fraction of sp³-hybridized carbons (Fsp3) is 0.278. The molecule has 0 aliphatic carbocycles. The lowest BCUT2D eigenvalue weighted by Crippen LogP contribution is -2.33. The Morgan fingerprint density at radius 1 is 1.09 bits per heavy atom. The fourth-order valence-corrected chi connectivity index (χ4v) is 1.91. The first-order valence-electron chi connectivity index (χ1n) is 7.28. The van der Waals surface area contributed by atoms with E-state index in [4.69, 9.17) is 9.84 Å². The van der Waals surface area contributed by atoms with E-state index in [-0.39, 0.29) is 0 Å². The molecule has 0 bridgehead atoms. The van der Waals surface area contributed by atoms with Crippen LogP contribution in [0.25, 0.3) is 0 Å². The van der Waals surface area contributed by atoms with Gasteiger partial charge in [-0.25, -0.2) is 0 Å². The molecule has 2 aromatic rings. The Bertz CT molecular complexity index is 605. The summed E-state index contributed by atoms with van der Waals surface area (Å²) in [4.78, 5) is 10.7. The molecule has 0 aromatic heterocycles. The van der Waals surface area contributed by atoms with Gasteiger partial charge in [-0.1, -0.05) is 42.0 Å². The van der Waals surface area contributed by atoms with Crippen LogP contribution in [0.15, 0.2) is 48.5 Å². The molecule has 0 aliphatic heterocycles. The first-order chi connectivity index (χ1) is 10.5. The van der Waals surface area contributed by atoms with Crippen molar-refractivity contribution in [2.45, 2.75) is 33.0 Å². The maximum atomic E-state index is 10.7. The summed E-state index contributed by atoms with van der Waals surface area (Å²) in [6.45, 7) is 4.74. The van der Waals surface area contributed by atoms with Gasteiger partial charge in [0.2, 0.25) is 0 Å². The van der Waals surface area contributed by atoms with Crippen molar-refractivity contribution >= 4 is 5.97 Å². The molecule has 0 heterocycles. The van der Waals surface area contributed by atoms with E-state index in [0.717, 1.165) is 16.9 Å². The van der Waals surface area contributed by atoms with E-state index < -0.39 is 12.0 Å². The van der Waals surface area contributed by atoms with Crippen molar-refractivity contribution in [1.29, 1.82) is 0 Å². The van der Waals surface area contributed by atoms with Gasteiger partial charge in [-0.2, -0.15) is 0 Å². The van der Waals surface area contributed by atoms with Crippen molar-refractivity contribution in [2.75, 3.05) is 0 Å². The fourth-order valence-electron chi connectivity index (χ4n) is 1.91. The van der Waals surface area contributed by atoms with Crippen LogP contribution in [0.5, 0.6) is 5.75 Å². The third-order valence-corrected chi connectivity index (χ3v) is 3.43. The number of aryl methyl sites for hydroxylation is 1. The van der Waals surface area contributed by atoms with Crippen molar-refractivity contribution < 1.29 is 14.6 Å². The van der Waals surface area contributed by atoms with Crippen LogP contribution in [0, 0.1) is 6.92 Å². The van der Waals surface area contributed by atoms with Gasteiger partial charge < -0.3 is 15.2 Å². The summed E-state index contributed by atoms with van der Waals surface area (Å²) >= 11 is 0. The molecule has 0 radical (unpaired) electrons. The summed E-state index contributed by atoms with van der Waals surface area (Å²) in [5.74, 6) is -0.0475. The lowest BCUT2D eigenvalue weighted by Gasteiger charge is -2.10. The molecule has 116 valence electrons. The van der Waals surface area contributed by atoms with Gasteiger partial charge in [0.15, 0.2) is 0 Å². The standard InChI is InChI=1S/C18H21NO3/c1-13-3-5-16(6-4-13)12-22-17-9-7-15(8-10-17)11-19-14(2)18(20)21/h3-10,14,19H,11-12H2,1-2H3,(H,20,21)/t14-/m0/s1. The summed E-state index contributed by atoms with van der Waals surface area (Å²) in [5.41, 5.74) is 3.39. The molecule has 1 atom stereocenters. The number of carboxylic acid groups (broad SMARTS) is 1. The summed E-state index contributed by atoms with van der Waals surface area (Å²) < 4.78 is 5.74. The molecule has 2 rings (SSSR count). The average molecular weight is 299 g/mol. The molecular weight excluding hydrogens is 278 g/mol. The van der Waals surface area contributed by atoms with E-state index in [9.17, 15) is 4.79 Å². The molecule has 0 saturated heterocycles. The van der Waals surface area contributed by atoms with Crippen LogP contribution < -0.4 is 10.1 Å². The maximum Gasteiger partial charge on any atom is 0.320 e. The topological polar surface area (TPSA) is 58.6 Å². The Balaban J connectivity index is 1.83. The molecule has 2 N–H and O–H groups in total. The largest absolute Gasteiger partial charge is 0.489 e. The Morgan fingerprint density at radius 3 is 2.27 bits per heavy atom. The summed E-state index contributed by atoms with van der Waals surface area (Å²) in [5, 5.41) is 11.8. The third kappa shape index (κ3) is 4.90. The quantitative estimate of drug-likeness (QED) is 0.824. The second-order valence-corrected chi connectivity index (χ2v) is 5.36. The number of hydrogen-bond acceptors (Lipinski definition) is 3. The van der Waals surface area contributed by atoms with Crippen LogP contribution >= 0.6 is 0 Å². The predicted octanol–water partition coefficient (Wildman–Crippen LogP) is 3.14. The van der Waals surface area contributed by atoms with Crippen LogP contribution in [-0.4, -0.2) is 17.1 Å². The predicted molar refractivity (Wildman–Crippen MR) is 85.9 cm³/mol. The van der Waals surface area contributed by atoms with E-state index in [1.165, 1.54) is 5.56 Å². The monoisotopic (exact) mass is 299 g/mol. The molecule has 0 unspecified atom stereocenters. The van der Waals surface area contributed by atoms with E-state index >= 15 is 0 Å². The van der Waals surface area contributed by atoms with Crippen LogP contribution in [0.2, 0.25) is 0 Å². The second kappa shape index (κ2) is 7.61. The van der Waals surface area contributed by atoms with Gasteiger partial charge in [-0.15, -0.1) is 0 Å². The number of nitrogens with one attached hydrogen (secondary N) is 1. The highest BCUT2D eigenvalue weighted by Gasteiger charge is 2.09. The van der Waals surface area contributed by atoms with E-state index in [1.807, 2.05) is 24.3 Å². The number of benzene rings is 2. The molecular formula is C18H21NO3. The number of ether oxygens (including phenoxy) is 1. The highest BCUT2D eigenvalue weighted by molar-refractivity contribution is 5.72. The van der Waals surface area contributed by atoms with Crippen molar-refractivity contribution in [3.8, 4) is 5.75 Å². The van der Waals surface area contributed by atoms with Gasteiger partial charge in [-0.3, -0.25) is 4.79 Å². The first kappa shape index (κ1) is 16.0. The Labute approximate surface area is 130 Å². The Kier molecular flexibility index (Phi) is 5.55. The van der Waals surface area contributed by atoms with Crippen molar-refractivity contribution in [3.05, 3.63) is 65.2 Å². The molecule has 0 fully saturated rings. The average Bonchev–Trinajstić information content (AvgIpc) is 2.53. The molecule has 0 spiro atoms. The molecule has 0 saturated carbocycles. The number of carbonyl (C=O) groups is 1. The normalized spacial score (nSPS) is 11.9. The molecule has 22 heavy (non-hydrogen) atoms. The molecule has 2 aromatic carbocycles. The number of aliphatic carboxylic acids is 1. The van der Waals surface area contributed by atoms with Crippen LogP contribution in [0.3, 0.4) is 0 Å². The van der Waals surface area contributed by atoms with Gasteiger partial charge in [0.25, 0.3) is 0 Å². The molecule has 4 nitrogen and oxygen atoms in total. The number of carboxylic acids is 1. The number of hydrogen-bond donors (Lipinski definition) is 2. The molecule has 0 aliphatic rings. The van der Waals surface area contributed by atoms with Gasteiger partial charge >= 0.3 is 5.97 Å². The Hall–Kier alpha value is -2.33. The van der Waals surface area contributed by atoms with Crippen LogP contribution in [0.4, 0.5) is 0 Å². The van der Waals surface area contributed by atoms with Crippen LogP contribution in [0.1, 0.15) is 23.6 Å². The minimum atomic E-state index is -0.849. The lowest BCUT2D eigenvalue weighted by molar-refractivity contribution is -0.139. The Morgan fingerprint density at radius 2 is 1.68 bits per heavy atom. The summed E-state index contributed by atoms with van der Waals surface area (Å²) in [7, 11) is 0. The zero-order valence-electron chi connectivity index (χ0n) is 12.9. The minimum absolute atomic E-state index is 0.520. The molecule has 4 heteroatoms. The molecule has 0 amide bonds. The minimum Gasteiger partial charge on any atom is -0.489 e. The maximum absolute atomic E-state index is 10.7. The van der Waals surface area contributed by atoms with Crippen LogP contribution in [-0.2, 0) is 17.9 Å². The summed E-state index contributed by atoms with van der Waals surface area (Å²) in [6, 6.07) is 15.4. The van der Waals surface area contributed by atoms with Crippen molar-refractivity contribution in [2.24, 2.45) is 0 Å². The van der Waals surface area contributed by atoms with E-state index in [2.05, 4.69) is 36.5 Å². The first-order valence-corrected chi connectivity index (χ1v) is 7.28. The van der Waals surface area contributed by atoms with Crippen molar-refractivity contribution in [3.63, 3.8) is 0 Å². The smallest absolute Gasteiger partial charge is 0.320 e. The van der Waals surface area contributed by atoms with E-state index in [0.29, 0.717) is 13.2 Å².